The van der Waals surface area contributed by atoms with E-state index in [2.05, 4.69) is 40.3 Å². The Balaban J connectivity index is 0.000000135. The summed E-state index contributed by atoms with van der Waals surface area (Å²) in [6.07, 6.45) is 0.891. The summed E-state index contributed by atoms with van der Waals surface area (Å²) >= 11 is 46.7. The van der Waals surface area contributed by atoms with E-state index >= 15 is 0 Å². The molecule has 0 aliphatic rings. The number of nitro benzene ring substituents is 1. The zero-order valence-electron chi connectivity index (χ0n) is 43.3. The Morgan fingerprint density at radius 1 is 0.524 bits per heavy atom. The molecule has 0 amide bonds. The molecule has 0 fully saturated rings. The summed E-state index contributed by atoms with van der Waals surface area (Å²) in [4.78, 5) is 57.4. The number of benzene rings is 11. The van der Waals surface area contributed by atoms with Crippen molar-refractivity contribution in [1.29, 1.82) is 0 Å². The molecule has 19 heteroatoms. The van der Waals surface area contributed by atoms with Gasteiger partial charge in [-0.15, -0.1) is 0 Å². The van der Waals surface area contributed by atoms with Gasteiger partial charge in [-0.25, -0.2) is 9.97 Å². The first kappa shape index (κ1) is 60.3. The van der Waals surface area contributed by atoms with E-state index in [0.717, 1.165) is 61.4 Å². The lowest BCUT2D eigenvalue weighted by Crippen LogP contribution is -2.14. The van der Waals surface area contributed by atoms with Crippen molar-refractivity contribution in [2.24, 2.45) is 0 Å². The molecule has 0 bridgehead atoms. The molecule has 416 valence electrons. The number of imidazole rings is 2. The summed E-state index contributed by atoms with van der Waals surface area (Å²) in [5.74, 6) is 1.08. The van der Waals surface area contributed by atoms with Gasteiger partial charge in [0, 0.05) is 37.8 Å². The number of H-pyrrole nitrogens is 1. The van der Waals surface area contributed by atoms with Crippen molar-refractivity contribution in [1.82, 2.24) is 19.5 Å². The van der Waals surface area contributed by atoms with Crippen LogP contribution in [0.5, 0.6) is 0 Å². The third-order valence-corrected chi connectivity index (χ3v) is 15.4. The number of nitrogen functional groups attached to an aromatic ring is 1. The number of nitro groups is 1. The van der Waals surface area contributed by atoms with Gasteiger partial charge in [0.1, 0.15) is 17.3 Å². The number of halogens is 8. The number of carbonyl (C=O) groups excluding carboxylic acids is 3. The first-order valence-electron chi connectivity index (χ1n) is 25.1. The number of anilines is 1. The highest BCUT2D eigenvalue weighted by Crippen LogP contribution is 2.35. The van der Waals surface area contributed by atoms with E-state index in [1.165, 1.54) is 35.0 Å². The molecule has 0 saturated carbocycles. The van der Waals surface area contributed by atoms with Crippen LogP contribution < -0.4 is 5.73 Å². The van der Waals surface area contributed by atoms with Gasteiger partial charge in [0.05, 0.1) is 58.2 Å². The fraction of sp³-hybridized carbons (Fsp3) is 0. The second-order valence-corrected chi connectivity index (χ2v) is 21.4. The first-order valence-corrected chi connectivity index (χ1v) is 28.1. The molecule has 84 heavy (non-hydrogen) atoms. The lowest BCUT2D eigenvalue weighted by molar-refractivity contribution is -0.383. The van der Waals surface area contributed by atoms with Crippen LogP contribution in [0.25, 0.3) is 77.2 Å². The second kappa shape index (κ2) is 27.4. The quantitative estimate of drug-likeness (QED) is 0.0545. The van der Waals surface area contributed by atoms with Gasteiger partial charge in [-0.1, -0.05) is 221 Å². The van der Waals surface area contributed by atoms with E-state index in [9.17, 15) is 24.5 Å². The normalized spacial score (nSPS) is 10.7. The van der Waals surface area contributed by atoms with E-state index in [1.807, 2.05) is 115 Å². The number of rotatable bonds is 6. The largest absolute Gasteiger partial charge is 0.393 e. The number of carbonyl (C=O) groups is 3. The van der Waals surface area contributed by atoms with Crippen LogP contribution in [0.15, 0.2) is 218 Å². The standard InChI is InChI=1S/C24H13Cl3N2O.C17H11ClN2.C11H8O.C7H3Cl3O.C6H5ClN2O2/c25-15-11-12-21-20(13-15)28-23(17-8-3-6-14-5-1-2-7-16(14)17)29(21)24(30)18-9-4-10-19(26)22(18)27;18-12-8-9-15-16(10-12)20-17(19-15)14-7-3-5-11-4-1-2-6-13(11)14;12-8-10-6-3-5-9-4-1-2-7-11(9)10;8-5-3-1-2-4(6(5)9)7(10)11;7-4-1-2-5(8)6(3-4)9(10)11/h1-13H;1-10H,(H,19,20);1-8H;1-3H;1-3H,8H2. The number of aldehydes is 1. The number of aromatic nitrogens is 4. The summed E-state index contributed by atoms with van der Waals surface area (Å²) in [5, 5.41) is 18.9. The molecule has 13 rings (SSSR count). The fourth-order valence-corrected chi connectivity index (χ4v) is 10.4. The van der Waals surface area contributed by atoms with Crippen molar-refractivity contribution in [3.63, 3.8) is 0 Å². The van der Waals surface area contributed by atoms with Crippen LogP contribution in [-0.4, -0.2) is 41.9 Å². The molecule has 2 aromatic heterocycles. The Hall–Kier alpha value is -8.33. The van der Waals surface area contributed by atoms with Gasteiger partial charge in [-0.3, -0.25) is 29.1 Å². The highest BCUT2D eigenvalue weighted by molar-refractivity contribution is 6.69. The minimum Gasteiger partial charge on any atom is -0.393 e. The van der Waals surface area contributed by atoms with Crippen molar-refractivity contribution in [3.8, 4) is 22.8 Å². The van der Waals surface area contributed by atoms with Crippen LogP contribution in [0, 0.1) is 10.1 Å². The van der Waals surface area contributed by atoms with Crippen LogP contribution >= 0.6 is 92.8 Å². The zero-order chi connectivity index (χ0) is 59.6. The van der Waals surface area contributed by atoms with Crippen LogP contribution in [0.3, 0.4) is 0 Å². The Labute approximate surface area is 519 Å². The van der Waals surface area contributed by atoms with Crippen molar-refractivity contribution < 1.29 is 19.3 Å². The average molecular weight is 1270 g/mol. The summed E-state index contributed by atoms with van der Waals surface area (Å²) in [6.45, 7) is 0. The zero-order valence-corrected chi connectivity index (χ0v) is 49.3. The maximum atomic E-state index is 13.7. The van der Waals surface area contributed by atoms with E-state index in [0.29, 0.717) is 47.5 Å². The van der Waals surface area contributed by atoms with Crippen LogP contribution in [-0.2, 0) is 0 Å². The van der Waals surface area contributed by atoms with Gasteiger partial charge >= 0.3 is 0 Å². The predicted octanol–water partition coefficient (Wildman–Crippen LogP) is 20.4. The lowest BCUT2D eigenvalue weighted by Gasteiger charge is -2.12. The SMILES string of the molecule is Clc1ccc2nc(-c3cccc4ccccc34)[nH]c2c1.Nc1ccc(Cl)cc1[N+](=O)[O-].O=C(Cl)c1cccc(Cl)c1Cl.O=C(c1cccc(Cl)c1Cl)n1c(-c2cccc3ccccc23)nc2cc(Cl)ccc21.O=Cc1cccc2ccccc12. The molecule has 0 unspecified atom stereocenters. The minimum absolute atomic E-state index is 0.124. The highest BCUT2D eigenvalue weighted by Gasteiger charge is 2.24. The summed E-state index contributed by atoms with van der Waals surface area (Å²) < 4.78 is 1.57. The summed E-state index contributed by atoms with van der Waals surface area (Å²) in [6, 6.07) is 66.9. The molecule has 0 aliphatic carbocycles. The van der Waals surface area contributed by atoms with Crippen molar-refractivity contribution >= 4 is 176 Å². The van der Waals surface area contributed by atoms with Crippen molar-refractivity contribution in [2.45, 2.75) is 0 Å². The van der Waals surface area contributed by atoms with Crippen LogP contribution in [0.4, 0.5) is 11.4 Å². The number of hydrogen-bond acceptors (Lipinski definition) is 8. The van der Waals surface area contributed by atoms with Crippen molar-refractivity contribution in [3.05, 3.63) is 280 Å². The third kappa shape index (κ3) is 13.8. The van der Waals surface area contributed by atoms with Gasteiger partial charge in [0.15, 0.2) is 6.29 Å². The van der Waals surface area contributed by atoms with Gasteiger partial charge in [0.25, 0.3) is 16.8 Å². The number of fused-ring (bicyclic) bond motifs is 5. The van der Waals surface area contributed by atoms with Gasteiger partial charge in [0.2, 0.25) is 0 Å². The molecular weight excluding hydrogens is 1230 g/mol. The Morgan fingerprint density at radius 3 is 1.63 bits per heavy atom. The topological polar surface area (TPSA) is 167 Å². The van der Waals surface area contributed by atoms with Gasteiger partial charge in [-0.2, -0.15) is 0 Å². The molecule has 0 aliphatic heterocycles. The highest BCUT2D eigenvalue weighted by atomic mass is 35.5. The first-order chi connectivity index (χ1) is 40.5. The maximum absolute atomic E-state index is 13.7. The maximum Gasteiger partial charge on any atom is 0.293 e. The van der Waals surface area contributed by atoms with Crippen LogP contribution in [0.1, 0.15) is 31.1 Å². The number of aromatic amines is 1. The Morgan fingerprint density at radius 2 is 1.02 bits per heavy atom. The van der Waals surface area contributed by atoms with E-state index in [4.69, 9.17) is 104 Å². The number of nitrogens with one attached hydrogen (secondary N) is 1. The number of hydrogen-bond donors (Lipinski definition) is 2. The average Bonchev–Trinajstić information content (AvgIpc) is 2.06. The minimum atomic E-state index is -0.600. The monoisotopic (exact) mass is 1260 g/mol. The molecule has 11 nitrogen and oxygen atoms in total. The fourth-order valence-electron chi connectivity index (χ4n) is 8.87. The third-order valence-electron chi connectivity index (χ3n) is 12.8. The number of nitrogens with two attached hydrogens (primary N) is 1. The Bertz CT molecular complexity index is 4620. The smallest absolute Gasteiger partial charge is 0.293 e. The molecule has 3 N–H and O–H groups in total. The predicted molar refractivity (Wildman–Crippen MR) is 346 cm³/mol. The second-order valence-electron chi connectivity index (χ2n) is 18.1. The summed E-state index contributed by atoms with van der Waals surface area (Å²) in [7, 11) is 0. The number of nitrogens with zero attached hydrogens (tertiary/aromatic N) is 4. The summed E-state index contributed by atoms with van der Waals surface area (Å²) in [5.41, 5.74) is 11.7. The molecule has 0 spiro atoms. The molecule has 2 heterocycles. The molecule has 0 saturated heterocycles. The molecular formula is C65H40Cl8N6O5. The molecule has 0 atom stereocenters. The van der Waals surface area contributed by atoms with Gasteiger partial charge in [-0.05, 0) is 117 Å². The molecule has 0 radical (unpaired) electrons. The van der Waals surface area contributed by atoms with E-state index in [-0.39, 0.29) is 32.9 Å². The van der Waals surface area contributed by atoms with Gasteiger partial charge < -0.3 is 10.7 Å². The van der Waals surface area contributed by atoms with Crippen molar-refractivity contribution in [2.75, 3.05) is 5.73 Å². The van der Waals surface area contributed by atoms with Crippen LogP contribution in [0.2, 0.25) is 35.2 Å². The Kier molecular flexibility index (Phi) is 19.6. The van der Waals surface area contributed by atoms with E-state index in [1.54, 1.807) is 53.1 Å². The van der Waals surface area contributed by atoms with E-state index < -0.39 is 10.2 Å². The molecule has 13 aromatic rings. The molecule has 11 aromatic carbocycles. The lowest BCUT2D eigenvalue weighted by atomic mass is 10.0.